The van der Waals surface area contributed by atoms with E-state index < -0.39 is 0 Å². The molecule has 1 saturated heterocycles. The molecule has 114 valence electrons. The van der Waals surface area contributed by atoms with Gasteiger partial charge in [-0.05, 0) is 37.6 Å². The van der Waals surface area contributed by atoms with Crippen LogP contribution in [0, 0.1) is 11.8 Å². The molecule has 1 aliphatic rings. The number of hydrogen-bond acceptors (Lipinski definition) is 2. The Morgan fingerprint density at radius 3 is 2.32 bits per heavy atom. The molecule has 0 aromatic carbocycles. The topological polar surface area (TPSA) is 15.3 Å². The Balaban J connectivity index is 2.47. The Morgan fingerprint density at radius 1 is 1.05 bits per heavy atom. The van der Waals surface area contributed by atoms with Crippen molar-refractivity contribution in [2.24, 2.45) is 11.8 Å². The van der Waals surface area contributed by atoms with Gasteiger partial charge in [0, 0.05) is 25.2 Å². The molecular formula is C17H36N2. The summed E-state index contributed by atoms with van der Waals surface area (Å²) >= 11 is 0. The Labute approximate surface area is 121 Å². The second-order valence-electron chi connectivity index (χ2n) is 7.22. The smallest absolute Gasteiger partial charge is 0.0223 e. The van der Waals surface area contributed by atoms with E-state index in [1.54, 1.807) is 0 Å². The van der Waals surface area contributed by atoms with E-state index in [0.717, 1.165) is 17.9 Å². The maximum Gasteiger partial charge on any atom is 0.0223 e. The first-order chi connectivity index (χ1) is 9.02. The van der Waals surface area contributed by atoms with Crippen LogP contribution in [-0.4, -0.2) is 36.6 Å². The number of nitrogens with zero attached hydrogens (tertiary/aromatic N) is 1. The Hall–Kier alpha value is -0.0800. The molecule has 0 aromatic heterocycles. The normalized spacial score (nSPS) is 25.4. The predicted octanol–water partition coefficient (Wildman–Crippen LogP) is 3.91. The second kappa shape index (κ2) is 8.97. The highest BCUT2D eigenvalue weighted by Crippen LogP contribution is 2.19. The van der Waals surface area contributed by atoms with E-state index >= 15 is 0 Å². The third-order valence-corrected chi connectivity index (χ3v) is 4.16. The number of rotatable bonds is 8. The van der Waals surface area contributed by atoms with E-state index in [-0.39, 0.29) is 0 Å². The third-order valence-electron chi connectivity index (χ3n) is 4.16. The highest BCUT2D eigenvalue weighted by atomic mass is 15.2. The molecule has 1 heterocycles. The number of unbranched alkanes of at least 4 members (excludes halogenated alkanes) is 2. The van der Waals surface area contributed by atoms with Crippen molar-refractivity contribution >= 4 is 0 Å². The fourth-order valence-electron chi connectivity index (χ4n) is 3.27. The summed E-state index contributed by atoms with van der Waals surface area (Å²) in [6.45, 7) is 15.4. The minimum absolute atomic E-state index is 0.713. The Morgan fingerprint density at radius 2 is 1.74 bits per heavy atom. The van der Waals surface area contributed by atoms with E-state index in [0.29, 0.717) is 6.04 Å². The molecule has 0 spiro atoms. The van der Waals surface area contributed by atoms with E-state index in [9.17, 15) is 0 Å². The zero-order chi connectivity index (χ0) is 14.3. The zero-order valence-electron chi connectivity index (χ0n) is 13.9. The molecule has 1 aliphatic heterocycles. The van der Waals surface area contributed by atoms with Crippen LogP contribution in [0.1, 0.15) is 66.7 Å². The molecular weight excluding hydrogens is 232 g/mol. The van der Waals surface area contributed by atoms with Gasteiger partial charge in [0.05, 0.1) is 0 Å². The van der Waals surface area contributed by atoms with E-state index in [1.165, 1.54) is 51.7 Å². The van der Waals surface area contributed by atoms with Crippen LogP contribution >= 0.6 is 0 Å². The monoisotopic (exact) mass is 268 g/mol. The van der Waals surface area contributed by atoms with Gasteiger partial charge in [0.25, 0.3) is 0 Å². The van der Waals surface area contributed by atoms with Gasteiger partial charge in [-0.25, -0.2) is 0 Å². The number of hydrogen-bond donors (Lipinski definition) is 1. The molecule has 2 heteroatoms. The minimum atomic E-state index is 0.713. The molecule has 2 atom stereocenters. The van der Waals surface area contributed by atoms with Crippen molar-refractivity contribution in [3.05, 3.63) is 0 Å². The van der Waals surface area contributed by atoms with Crippen LogP contribution in [-0.2, 0) is 0 Å². The summed E-state index contributed by atoms with van der Waals surface area (Å²) in [5.41, 5.74) is 0. The Kier molecular flexibility index (Phi) is 8.01. The molecule has 0 radical (unpaired) electrons. The standard InChI is InChI=1S/C17H36N2/c1-6-7-8-9-19-13-16(10-14(2)3)18-12-17(19)11-15(4)5/h14-18H,6-13H2,1-5H3. The molecule has 2 unspecified atom stereocenters. The summed E-state index contributed by atoms with van der Waals surface area (Å²) < 4.78 is 0. The molecule has 2 nitrogen and oxygen atoms in total. The van der Waals surface area contributed by atoms with Gasteiger partial charge in [0.15, 0.2) is 0 Å². The summed E-state index contributed by atoms with van der Waals surface area (Å²) in [5, 5.41) is 3.78. The van der Waals surface area contributed by atoms with Crippen LogP contribution in [0.5, 0.6) is 0 Å². The number of piperazine rings is 1. The van der Waals surface area contributed by atoms with Crippen molar-refractivity contribution in [2.45, 2.75) is 78.8 Å². The largest absolute Gasteiger partial charge is 0.311 e. The molecule has 0 bridgehead atoms. The van der Waals surface area contributed by atoms with Crippen LogP contribution in [0.2, 0.25) is 0 Å². The summed E-state index contributed by atoms with van der Waals surface area (Å²) in [4.78, 5) is 2.78. The molecule has 1 rings (SSSR count). The quantitative estimate of drug-likeness (QED) is 0.671. The molecule has 1 N–H and O–H groups in total. The fraction of sp³-hybridized carbons (Fsp3) is 1.00. The van der Waals surface area contributed by atoms with E-state index in [1.807, 2.05) is 0 Å². The molecule has 0 amide bonds. The SMILES string of the molecule is CCCCCN1CC(CC(C)C)NCC1CC(C)C. The van der Waals surface area contributed by atoms with Crippen LogP contribution in [0.15, 0.2) is 0 Å². The van der Waals surface area contributed by atoms with Gasteiger partial charge >= 0.3 is 0 Å². The minimum Gasteiger partial charge on any atom is -0.311 e. The third kappa shape index (κ3) is 6.76. The van der Waals surface area contributed by atoms with Gasteiger partial charge < -0.3 is 5.32 Å². The van der Waals surface area contributed by atoms with Crippen molar-refractivity contribution < 1.29 is 0 Å². The Bertz CT molecular complexity index is 225. The molecule has 1 fully saturated rings. The lowest BCUT2D eigenvalue weighted by Gasteiger charge is -2.42. The lowest BCUT2D eigenvalue weighted by atomic mass is 9.95. The van der Waals surface area contributed by atoms with Crippen LogP contribution in [0.3, 0.4) is 0 Å². The lowest BCUT2D eigenvalue weighted by molar-refractivity contribution is 0.105. The molecule has 0 aromatic rings. The van der Waals surface area contributed by atoms with Gasteiger partial charge in [0.1, 0.15) is 0 Å². The average molecular weight is 268 g/mol. The van der Waals surface area contributed by atoms with Gasteiger partial charge in [-0.2, -0.15) is 0 Å². The van der Waals surface area contributed by atoms with Gasteiger partial charge in [-0.1, -0.05) is 47.5 Å². The first kappa shape index (κ1) is 17.0. The lowest BCUT2D eigenvalue weighted by Crippen LogP contribution is -2.57. The summed E-state index contributed by atoms with van der Waals surface area (Å²) in [7, 11) is 0. The van der Waals surface area contributed by atoms with Crippen molar-refractivity contribution in [2.75, 3.05) is 19.6 Å². The van der Waals surface area contributed by atoms with Crippen molar-refractivity contribution in [3.63, 3.8) is 0 Å². The van der Waals surface area contributed by atoms with Crippen molar-refractivity contribution in [1.29, 1.82) is 0 Å². The zero-order valence-corrected chi connectivity index (χ0v) is 13.9. The van der Waals surface area contributed by atoms with Gasteiger partial charge in [-0.3, -0.25) is 4.90 Å². The summed E-state index contributed by atoms with van der Waals surface area (Å²) in [6.07, 6.45) is 6.75. The highest BCUT2D eigenvalue weighted by molar-refractivity contribution is 4.87. The van der Waals surface area contributed by atoms with Crippen molar-refractivity contribution in [1.82, 2.24) is 10.2 Å². The maximum absolute atomic E-state index is 3.78. The van der Waals surface area contributed by atoms with E-state index in [4.69, 9.17) is 0 Å². The molecule has 0 aliphatic carbocycles. The second-order valence-corrected chi connectivity index (χ2v) is 7.22. The van der Waals surface area contributed by atoms with Gasteiger partial charge in [-0.15, -0.1) is 0 Å². The first-order valence-corrected chi connectivity index (χ1v) is 8.50. The summed E-state index contributed by atoms with van der Waals surface area (Å²) in [6, 6.07) is 1.48. The maximum atomic E-state index is 3.78. The predicted molar refractivity (Wildman–Crippen MR) is 85.6 cm³/mol. The number of nitrogens with one attached hydrogen (secondary N) is 1. The summed E-state index contributed by atoms with van der Waals surface area (Å²) in [5.74, 6) is 1.61. The first-order valence-electron chi connectivity index (χ1n) is 8.50. The van der Waals surface area contributed by atoms with Crippen LogP contribution in [0.25, 0.3) is 0 Å². The molecule has 0 saturated carbocycles. The molecule has 19 heavy (non-hydrogen) atoms. The van der Waals surface area contributed by atoms with Crippen LogP contribution < -0.4 is 5.32 Å². The van der Waals surface area contributed by atoms with Crippen LogP contribution in [0.4, 0.5) is 0 Å². The van der Waals surface area contributed by atoms with Crippen molar-refractivity contribution in [3.8, 4) is 0 Å². The highest BCUT2D eigenvalue weighted by Gasteiger charge is 2.27. The fourth-order valence-corrected chi connectivity index (χ4v) is 3.27. The average Bonchev–Trinajstić information content (AvgIpc) is 2.31. The van der Waals surface area contributed by atoms with Gasteiger partial charge in [0.2, 0.25) is 0 Å². The van der Waals surface area contributed by atoms with E-state index in [2.05, 4.69) is 44.8 Å².